The number of ether oxygens (including phenoxy) is 1. The van der Waals surface area contributed by atoms with E-state index in [4.69, 9.17) is 4.74 Å². The summed E-state index contributed by atoms with van der Waals surface area (Å²) in [7, 11) is 0. The molecule has 29 heavy (non-hydrogen) atoms. The second-order valence-corrected chi connectivity index (χ2v) is 7.96. The molecule has 0 spiro atoms. The minimum atomic E-state index is -0.116. The summed E-state index contributed by atoms with van der Waals surface area (Å²) in [4.78, 5) is 11.8. The van der Waals surface area contributed by atoms with Gasteiger partial charge in [-0.2, -0.15) is 0 Å². The topological polar surface area (TPSA) is 58.6 Å². The summed E-state index contributed by atoms with van der Waals surface area (Å²) < 4.78 is 5.62. The van der Waals surface area contributed by atoms with Gasteiger partial charge in [-0.15, -0.1) is 0 Å². The molecule has 4 nitrogen and oxygen atoms in total. The van der Waals surface area contributed by atoms with E-state index in [9.17, 15) is 9.90 Å². The molecule has 0 radical (unpaired) electrons. The quantitative estimate of drug-likeness (QED) is 0.683. The Bertz CT molecular complexity index is 1120. The predicted octanol–water partition coefficient (Wildman–Crippen LogP) is 4.50. The Morgan fingerprint density at radius 1 is 1.03 bits per heavy atom. The number of phenols is 1. The van der Waals surface area contributed by atoms with Gasteiger partial charge in [0.1, 0.15) is 11.5 Å². The lowest BCUT2D eigenvalue weighted by Crippen LogP contribution is -2.26. The number of carbonyl (C=O) groups is 1. The Labute approximate surface area is 170 Å². The molecule has 1 atom stereocenters. The largest absolute Gasteiger partial charge is 0.508 e. The molecule has 0 bridgehead atoms. The number of aromatic hydroxyl groups is 1. The van der Waals surface area contributed by atoms with E-state index in [0.29, 0.717) is 5.75 Å². The van der Waals surface area contributed by atoms with Crippen LogP contribution in [0.2, 0.25) is 0 Å². The Morgan fingerprint density at radius 3 is 2.72 bits per heavy atom. The van der Waals surface area contributed by atoms with Gasteiger partial charge in [-0.1, -0.05) is 36.4 Å². The molecule has 0 saturated carbocycles. The lowest BCUT2D eigenvalue weighted by atomic mass is 9.83. The van der Waals surface area contributed by atoms with E-state index in [2.05, 4.69) is 41.7 Å². The number of hydrogen-bond acceptors (Lipinski definition) is 3. The van der Waals surface area contributed by atoms with Crippen LogP contribution in [0.3, 0.4) is 0 Å². The number of phenolic OH excluding ortho intramolecular Hbond substituents is 1. The SMILES string of the molecule is Cc1cc(CC2c3ccccc3CCc3cc(O)ccc32)cc2c1OCC(=O)N2. The van der Waals surface area contributed by atoms with Crippen molar-refractivity contribution in [1.82, 2.24) is 0 Å². The van der Waals surface area contributed by atoms with Crippen molar-refractivity contribution in [3.05, 3.63) is 88.0 Å². The van der Waals surface area contributed by atoms with Crippen molar-refractivity contribution >= 4 is 11.6 Å². The second-order valence-electron chi connectivity index (χ2n) is 7.96. The Hall–Kier alpha value is -3.27. The smallest absolute Gasteiger partial charge is 0.262 e. The molecule has 1 aliphatic heterocycles. The van der Waals surface area contributed by atoms with Gasteiger partial charge >= 0.3 is 0 Å². The first-order chi connectivity index (χ1) is 14.1. The van der Waals surface area contributed by atoms with Gasteiger partial charge in [-0.25, -0.2) is 0 Å². The van der Waals surface area contributed by atoms with Gasteiger partial charge in [0.05, 0.1) is 5.69 Å². The van der Waals surface area contributed by atoms with Crippen molar-refractivity contribution in [2.45, 2.75) is 32.1 Å². The van der Waals surface area contributed by atoms with Gasteiger partial charge in [0.25, 0.3) is 5.91 Å². The molecular weight excluding hydrogens is 362 g/mol. The van der Waals surface area contributed by atoms with Crippen LogP contribution in [0.5, 0.6) is 11.5 Å². The first-order valence-corrected chi connectivity index (χ1v) is 10.0. The first-order valence-electron chi connectivity index (χ1n) is 10.0. The average Bonchev–Trinajstić information content (AvgIpc) is 2.85. The third-order valence-corrected chi connectivity index (χ3v) is 5.99. The van der Waals surface area contributed by atoms with Crippen LogP contribution in [0.25, 0.3) is 0 Å². The zero-order chi connectivity index (χ0) is 20.0. The normalized spacial score (nSPS) is 17.3. The van der Waals surface area contributed by atoms with Crippen LogP contribution in [0.1, 0.15) is 39.3 Å². The maximum Gasteiger partial charge on any atom is 0.262 e. The molecule has 2 aliphatic rings. The molecule has 1 aliphatic carbocycles. The summed E-state index contributed by atoms with van der Waals surface area (Å²) >= 11 is 0. The Kier molecular flexibility index (Phi) is 4.27. The van der Waals surface area contributed by atoms with Crippen molar-refractivity contribution in [2.75, 3.05) is 11.9 Å². The summed E-state index contributed by atoms with van der Waals surface area (Å²) in [5.41, 5.74) is 8.12. The Balaban J connectivity index is 1.60. The fourth-order valence-electron chi connectivity index (χ4n) is 4.72. The predicted molar refractivity (Wildman–Crippen MR) is 113 cm³/mol. The van der Waals surface area contributed by atoms with E-state index in [1.165, 1.54) is 22.3 Å². The minimum Gasteiger partial charge on any atom is -0.508 e. The highest BCUT2D eigenvalue weighted by molar-refractivity contribution is 5.95. The number of hydrogen-bond donors (Lipinski definition) is 2. The zero-order valence-electron chi connectivity index (χ0n) is 16.4. The second kappa shape index (κ2) is 6.96. The van der Waals surface area contributed by atoms with Crippen molar-refractivity contribution in [3.63, 3.8) is 0 Å². The highest BCUT2D eigenvalue weighted by Gasteiger charge is 2.25. The molecule has 3 aromatic rings. The van der Waals surface area contributed by atoms with Gasteiger partial charge in [0.15, 0.2) is 6.61 Å². The standard InChI is InChI=1S/C25H23NO3/c1-15-10-16(12-23-25(15)29-14-24(28)26-23)11-22-20-5-3-2-4-17(20)6-7-18-13-19(27)8-9-21(18)22/h2-5,8-10,12-13,22,27H,6-7,11,14H2,1H3,(H,26,28). The highest BCUT2D eigenvalue weighted by Crippen LogP contribution is 2.40. The van der Waals surface area contributed by atoms with E-state index in [-0.39, 0.29) is 18.4 Å². The van der Waals surface area contributed by atoms with Gasteiger partial charge in [-0.05, 0) is 77.8 Å². The molecule has 0 fully saturated rings. The highest BCUT2D eigenvalue weighted by atomic mass is 16.5. The molecule has 2 N–H and O–H groups in total. The third-order valence-electron chi connectivity index (χ3n) is 5.99. The molecule has 1 amide bonds. The number of benzene rings is 3. The molecule has 5 rings (SSSR count). The van der Waals surface area contributed by atoms with E-state index in [1.807, 2.05) is 19.1 Å². The number of fused-ring (bicyclic) bond motifs is 3. The van der Waals surface area contributed by atoms with Gasteiger partial charge in [0, 0.05) is 5.92 Å². The average molecular weight is 385 g/mol. The van der Waals surface area contributed by atoms with Crippen LogP contribution in [0.15, 0.2) is 54.6 Å². The lowest BCUT2D eigenvalue weighted by Gasteiger charge is -2.24. The van der Waals surface area contributed by atoms with Crippen LogP contribution >= 0.6 is 0 Å². The number of rotatable bonds is 2. The van der Waals surface area contributed by atoms with Crippen LogP contribution in [0, 0.1) is 6.92 Å². The van der Waals surface area contributed by atoms with E-state index >= 15 is 0 Å². The van der Waals surface area contributed by atoms with Crippen molar-refractivity contribution in [3.8, 4) is 11.5 Å². The Morgan fingerprint density at radius 2 is 1.83 bits per heavy atom. The van der Waals surface area contributed by atoms with Crippen LogP contribution in [-0.4, -0.2) is 17.6 Å². The summed E-state index contributed by atoms with van der Waals surface area (Å²) in [5.74, 6) is 1.16. The summed E-state index contributed by atoms with van der Waals surface area (Å²) in [6, 6.07) is 18.6. The van der Waals surface area contributed by atoms with Crippen molar-refractivity contribution < 1.29 is 14.6 Å². The molecule has 0 aromatic heterocycles. The molecular formula is C25H23NO3. The number of amides is 1. The summed E-state index contributed by atoms with van der Waals surface area (Å²) in [6.07, 6.45) is 2.71. The molecule has 0 saturated heterocycles. The summed E-state index contributed by atoms with van der Waals surface area (Å²) in [6.45, 7) is 2.09. The van der Waals surface area contributed by atoms with Crippen LogP contribution < -0.4 is 10.1 Å². The van der Waals surface area contributed by atoms with E-state index < -0.39 is 0 Å². The van der Waals surface area contributed by atoms with Gasteiger partial charge in [-0.3, -0.25) is 4.79 Å². The van der Waals surface area contributed by atoms with Crippen molar-refractivity contribution in [2.24, 2.45) is 0 Å². The fourth-order valence-corrected chi connectivity index (χ4v) is 4.72. The molecule has 1 heterocycles. The third kappa shape index (κ3) is 3.25. The molecule has 1 unspecified atom stereocenters. The first kappa shape index (κ1) is 17.8. The minimum absolute atomic E-state index is 0.0695. The number of nitrogens with one attached hydrogen (secondary N) is 1. The number of carbonyl (C=O) groups excluding carboxylic acids is 1. The molecule has 146 valence electrons. The fraction of sp³-hybridized carbons (Fsp3) is 0.240. The van der Waals surface area contributed by atoms with Crippen LogP contribution in [0.4, 0.5) is 5.69 Å². The van der Waals surface area contributed by atoms with Crippen LogP contribution in [-0.2, 0) is 24.1 Å². The number of aryl methyl sites for hydroxylation is 3. The summed E-state index contributed by atoms with van der Waals surface area (Å²) in [5, 5.41) is 13.0. The maximum absolute atomic E-state index is 11.8. The van der Waals surface area contributed by atoms with Crippen molar-refractivity contribution in [1.29, 1.82) is 0 Å². The van der Waals surface area contributed by atoms with E-state index in [0.717, 1.165) is 41.8 Å². The van der Waals surface area contributed by atoms with E-state index in [1.54, 1.807) is 6.07 Å². The lowest BCUT2D eigenvalue weighted by molar-refractivity contribution is -0.118. The maximum atomic E-state index is 11.8. The molecule has 3 aromatic carbocycles. The number of anilines is 1. The zero-order valence-corrected chi connectivity index (χ0v) is 16.4. The molecule has 4 heteroatoms. The monoisotopic (exact) mass is 385 g/mol. The van der Waals surface area contributed by atoms with Gasteiger partial charge < -0.3 is 15.2 Å². The van der Waals surface area contributed by atoms with Gasteiger partial charge in [0.2, 0.25) is 0 Å².